The number of methoxy groups -OCH3 is 1. The number of hydrogen-bond donors (Lipinski definition) is 0. The van der Waals surface area contributed by atoms with Crippen LogP contribution in [0.25, 0.3) is 0 Å². The van der Waals surface area contributed by atoms with Crippen molar-refractivity contribution >= 4 is 33.9 Å². The third kappa shape index (κ3) is 2.78. The number of thiophene rings is 1. The minimum atomic E-state index is -1.37. The largest absolute Gasteiger partial charge is 0.469 e. The Kier molecular flexibility index (Phi) is 4.82. The smallest absolute Gasteiger partial charge is 0.314 e. The van der Waals surface area contributed by atoms with E-state index in [0.29, 0.717) is 34.1 Å². The molecule has 0 amide bonds. The number of ether oxygens (including phenoxy) is 1. The van der Waals surface area contributed by atoms with Crippen molar-refractivity contribution in [2.24, 2.45) is 0 Å². The summed E-state index contributed by atoms with van der Waals surface area (Å²) in [4.78, 5) is 26.0. The standard InChI is InChI=1S/C17H17NO4S2/c1-3-9-24(21)14-10-12-11(17(20)22-2)6-7-18(12)15(14)16(19)13-5-4-8-23-13/h3-5,8,10-11H,1,6-7,9H2,2H3. The van der Waals surface area contributed by atoms with Crippen LogP contribution in [0.5, 0.6) is 0 Å². The highest BCUT2D eigenvalue weighted by molar-refractivity contribution is 7.85. The van der Waals surface area contributed by atoms with Crippen molar-refractivity contribution in [1.29, 1.82) is 0 Å². The number of rotatable bonds is 6. The van der Waals surface area contributed by atoms with Crippen LogP contribution in [0.4, 0.5) is 0 Å². The van der Waals surface area contributed by atoms with E-state index < -0.39 is 16.7 Å². The molecule has 0 spiro atoms. The molecule has 2 atom stereocenters. The highest BCUT2D eigenvalue weighted by atomic mass is 32.2. The van der Waals surface area contributed by atoms with Gasteiger partial charge < -0.3 is 9.30 Å². The molecule has 126 valence electrons. The Morgan fingerprint density at radius 3 is 2.96 bits per heavy atom. The topological polar surface area (TPSA) is 65.4 Å². The number of aromatic nitrogens is 1. The van der Waals surface area contributed by atoms with E-state index in [2.05, 4.69) is 6.58 Å². The molecule has 0 N–H and O–H groups in total. The summed E-state index contributed by atoms with van der Waals surface area (Å²) in [5, 5.41) is 1.83. The second kappa shape index (κ2) is 6.86. The average molecular weight is 363 g/mol. The van der Waals surface area contributed by atoms with Gasteiger partial charge in [-0.3, -0.25) is 13.8 Å². The van der Waals surface area contributed by atoms with Crippen LogP contribution in [-0.2, 0) is 26.9 Å². The highest BCUT2D eigenvalue weighted by Crippen LogP contribution is 2.36. The summed E-state index contributed by atoms with van der Waals surface area (Å²) in [5.74, 6) is -0.646. The predicted octanol–water partition coefficient (Wildman–Crippen LogP) is 2.73. The van der Waals surface area contributed by atoms with Crippen LogP contribution in [0.3, 0.4) is 0 Å². The van der Waals surface area contributed by atoms with E-state index in [0.717, 1.165) is 0 Å². The van der Waals surface area contributed by atoms with E-state index in [1.807, 2.05) is 16.0 Å². The molecule has 0 saturated carbocycles. The lowest BCUT2D eigenvalue weighted by Gasteiger charge is -2.07. The number of carbonyl (C=O) groups is 2. The fourth-order valence-corrected chi connectivity index (χ4v) is 4.72. The Hall–Kier alpha value is -1.99. The summed E-state index contributed by atoms with van der Waals surface area (Å²) in [6, 6.07) is 5.28. The molecule has 0 radical (unpaired) electrons. The summed E-state index contributed by atoms with van der Waals surface area (Å²) in [5.41, 5.74) is 1.12. The fraction of sp³-hybridized carbons (Fsp3) is 0.294. The van der Waals surface area contributed by atoms with Crippen molar-refractivity contribution in [3.05, 3.63) is 52.5 Å². The van der Waals surface area contributed by atoms with Crippen LogP contribution in [0.1, 0.15) is 33.4 Å². The molecule has 2 aromatic heterocycles. The van der Waals surface area contributed by atoms with Gasteiger partial charge in [-0.1, -0.05) is 12.1 Å². The number of carbonyl (C=O) groups excluding carboxylic acids is 2. The SMILES string of the molecule is C=CCS(=O)c1cc2n(c1C(=O)c1cccs1)CCC2C(=O)OC. The lowest BCUT2D eigenvalue weighted by atomic mass is 10.1. The molecule has 0 aromatic carbocycles. The van der Waals surface area contributed by atoms with Crippen molar-refractivity contribution in [1.82, 2.24) is 4.57 Å². The summed E-state index contributed by atoms with van der Waals surface area (Å²) < 4.78 is 19.2. The zero-order valence-corrected chi connectivity index (χ0v) is 14.8. The lowest BCUT2D eigenvalue weighted by Crippen LogP contribution is -2.12. The Balaban J connectivity index is 2.12. The van der Waals surface area contributed by atoms with Crippen molar-refractivity contribution in [3.8, 4) is 0 Å². The molecule has 7 heteroatoms. The molecule has 0 fully saturated rings. The second-order valence-corrected chi connectivity index (χ2v) is 7.82. The van der Waals surface area contributed by atoms with Crippen LogP contribution < -0.4 is 0 Å². The second-order valence-electron chi connectivity index (χ2n) is 5.41. The molecule has 3 rings (SSSR count). The van der Waals surface area contributed by atoms with Gasteiger partial charge in [0, 0.05) is 18.0 Å². The number of nitrogens with zero attached hydrogens (tertiary/aromatic N) is 1. The van der Waals surface area contributed by atoms with Gasteiger partial charge >= 0.3 is 5.97 Å². The number of ketones is 1. The lowest BCUT2D eigenvalue weighted by molar-refractivity contribution is -0.142. The van der Waals surface area contributed by atoms with Gasteiger partial charge in [0.05, 0.1) is 33.6 Å². The highest BCUT2D eigenvalue weighted by Gasteiger charge is 2.36. The maximum Gasteiger partial charge on any atom is 0.314 e. The van der Waals surface area contributed by atoms with E-state index in [1.54, 1.807) is 18.2 Å². The molecule has 0 saturated heterocycles. The third-order valence-electron chi connectivity index (χ3n) is 4.05. The van der Waals surface area contributed by atoms with Crippen LogP contribution in [0.2, 0.25) is 0 Å². The maximum atomic E-state index is 12.9. The van der Waals surface area contributed by atoms with Gasteiger partial charge in [-0.05, 0) is 23.9 Å². The minimum Gasteiger partial charge on any atom is -0.469 e. The van der Waals surface area contributed by atoms with Gasteiger partial charge in [0.15, 0.2) is 0 Å². The van der Waals surface area contributed by atoms with Crippen molar-refractivity contribution in [2.75, 3.05) is 12.9 Å². The average Bonchev–Trinajstić information content (AvgIpc) is 3.29. The molecule has 24 heavy (non-hydrogen) atoms. The molecule has 1 aliphatic heterocycles. The molecule has 5 nitrogen and oxygen atoms in total. The summed E-state index contributed by atoms with van der Waals surface area (Å²) in [6.07, 6.45) is 2.15. The quantitative estimate of drug-likeness (QED) is 0.450. The maximum absolute atomic E-state index is 12.9. The minimum absolute atomic E-state index is 0.158. The molecular formula is C17H17NO4S2. The van der Waals surface area contributed by atoms with Gasteiger partial charge in [0.2, 0.25) is 5.78 Å². The van der Waals surface area contributed by atoms with E-state index in [4.69, 9.17) is 4.74 Å². The van der Waals surface area contributed by atoms with Crippen molar-refractivity contribution in [2.45, 2.75) is 23.8 Å². The first kappa shape index (κ1) is 16.9. The van der Waals surface area contributed by atoms with E-state index in [-0.39, 0.29) is 17.5 Å². The van der Waals surface area contributed by atoms with Gasteiger partial charge in [0.1, 0.15) is 5.69 Å². The fourth-order valence-electron chi connectivity index (χ4n) is 2.99. The number of esters is 1. The zero-order valence-electron chi connectivity index (χ0n) is 13.2. The first-order chi connectivity index (χ1) is 11.6. The van der Waals surface area contributed by atoms with Crippen LogP contribution in [-0.4, -0.2) is 33.4 Å². The Labute approximate surface area is 146 Å². The number of hydrogen-bond acceptors (Lipinski definition) is 5. The van der Waals surface area contributed by atoms with Crippen LogP contribution >= 0.6 is 11.3 Å². The summed E-state index contributed by atoms with van der Waals surface area (Å²) >= 11 is 1.35. The van der Waals surface area contributed by atoms with Gasteiger partial charge in [-0.2, -0.15) is 0 Å². The van der Waals surface area contributed by atoms with E-state index in [1.165, 1.54) is 18.4 Å². The molecule has 0 aliphatic carbocycles. The Morgan fingerprint density at radius 2 is 2.33 bits per heavy atom. The Morgan fingerprint density at radius 1 is 1.54 bits per heavy atom. The van der Waals surface area contributed by atoms with Crippen LogP contribution in [0.15, 0.2) is 41.1 Å². The zero-order chi connectivity index (χ0) is 17.3. The molecule has 1 aliphatic rings. The Bertz CT molecular complexity index is 820. The number of fused-ring (bicyclic) bond motifs is 1. The molecule has 2 aromatic rings. The molecule has 2 unspecified atom stereocenters. The van der Waals surface area contributed by atoms with Crippen LogP contribution in [0, 0.1) is 0 Å². The van der Waals surface area contributed by atoms with Gasteiger partial charge in [-0.25, -0.2) is 0 Å². The molecule has 3 heterocycles. The monoisotopic (exact) mass is 363 g/mol. The van der Waals surface area contributed by atoms with Gasteiger partial charge in [-0.15, -0.1) is 17.9 Å². The first-order valence-corrected chi connectivity index (χ1v) is 9.67. The van der Waals surface area contributed by atoms with E-state index >= 15 is 0 Å². The third-order valence-corrected chi connectivity index (χ3v) is 6.26. The van der Waals surface area contributed by atoms with Crippen molar-refractivity contribution in [3.63, 3.8) is 0 Å². The molecule has 0 bridgehead atoms. The van der Waals surface area contributed by atoms with Gasteiger partial charge in [0.25, 0.3) is 0 Å². The van der Waals surface area contributed by atoms with E-state index in [9.17, 15) is 13.8 Å². The summed E-state index contributed by atoms with van der Waals surface area (Å²) in [7, 11) is -0.0220. The normalized spacial score (nSPS) is 17.3. The summed E-state index contributed by atoms with van der Waals surface area (Å²) in [6.45, 7) is 4.15. The van der Waals surface area contributed by atoms with Crippen molar-refractivity contribution < 1.29 is 18.5 Å². The first-order valence-electron chi connectivity index (χ1n) is 7.47. The molecular weight excluding hydrogens is 346 g/mol. The predicted molar refractivity (Wildman–Crippen MR) is 93.0 cm³/mol.